The zero-order chi connectivity index (χ0) is 76.4. The highest BCUT2D eigenvalue weighted by Crippen LogP contribution is 2.16. The second-order valence-electron chi connectivity index (χ2n) is 24.5. The van der Waals surface area contributed by atoms with Crippen molar-refractivity contribution in [3.05, 3.63) is 264 Å². The summed E-state index contributed by atoms with van der Waals surface area (Å²) in [4.78, 5) is 31.2. The number of aryl methyl sites for hydroxylation is 26. The van der Waals surface area contributed by atoms with E-state index >= 15 is 0 Å². The molecule has 0 unspecified atom stereocenters. The lowest BCUT2D eigenvalue weighted by Gasteiger charge is -1.90. The number of thiazole rings is 1. The molecule has 0 saturated heterocycles. The van der Waals surface area contributed by atoms with E-state index in [1.807, 2.05) is 281 Å². The minimum Gasteiger partial charge on any atom is -0.469 e. The molecule has 0 aliphatic carbocycles. The van der Waals surface area contributed by atoms with Crippen LogP contribution in [0, 0.1) is 138 Å². The Morgan fingerprint density at radius 2 is 1.24 bits per heavy atom. The van der Waals surface area contributed by atoms with Crippen molar-refractivity contribution in [2.45, 2.75) is 159 Å². The molecule has 0 saturated carbocycles. The Labute approximate surface area is 612 Å². The van der Waals surface area contributed by atoms with E-state index in [4.69, 9.17) is 17.8 Å². The van der Waals surface area contributed by atoms with E-state index in [2.05, 4.69) is 132 Å². The molecular formula is C77H112N19O4S2+. The van der Waals surface area contributed by atoms with Gasteiger partial charge in [0, 0.05) is 134 Å². The standard InChI is InChI=1S/C8H9N3.2C6H9N.2C6H8O.C6H8S.2C5H8N2.C5H9N2.C5H8N2.2C5H7NO.C5H7NS.C4H7N3/c1-6-4-11(2)8-7(6)3-9-5-10-8;3*1-5-3-6(2)7-4-5;2*1-5-3-4-6(2)7-5;1-5-3-7(2)4-6-5;1-5-3-6-7(2)4-5;1-6-3-4-7(2)5-6;1-4-3-5(2)7-6-4;1-4-3-6-5(2)7-4;1-4-3-5(2)7-6-4;1-4-3-6-5(2)7-4;1-4-3-7(2)6-5-4/h3-5H,1-2H3;4H,3H2,1-2H3;3-4,7H,1-2H3;5*3-4H,1-2H3;3-5H,1-2H3;3H,1-2H3,(H,6,7);4*3H,1-2H3/q;;;;;;;;+1;;;;;. The van der Waals surface area contributed by atoms with Crippen molar-refractivity contribution in [1.29, 1.82) is 0 Å². The molecule has 25 heteroatoms. The number of furan rings is 2. The van der Waals surface area contributed by atoms with Crippen molar-refractivity contribution < 1.29 is 22.3 Å². The number of fused-ring (bicyclic) bond motifs is 1. The third-order valence-corrected chi connectivity index (χ3v) is 14.5. The fourth-order valence-corrected chi connectivity index (χ4v) is 9.92. The van der Waals surface area contributed by atoms with Crippen LogP contribution in [-0.2, 0) is 42.3 Å². The van der Waals surface area contributed by atoms with Crippen LogP contribution in [-0.4, -0.2) is 89.4 Å². The van der Waals surface area contributed by atoms with Gasteiger partial charge in [0.25, 0.3) is 0 Å². The summed E-state index contributed by atoms with van der Waals surface area (Å²) in [6.45, 7) is 43.8. The molecule has 14 aromatic heterocycles. The molecule has 0 fully saturated rings. The van der Waals surface area contributed by atoms with Crippen molar-refractivity contribution in [3.8, 4) is 0 Å². The summed E-state index contributed by atoms with van der Waals surface area (Å²) in [6, 6.07) is 16.2. The molecule has 14 aromatic rings. The van der Waals surface area contributed by atoms with Gasteiger partial charge in [-0.25, -0.2) is 34.1 Å². The van der Waals surface area contributed by atoms with Gasteiger partial charge in [-0.2, -0.15) is 10.2 Å². The molecule has 15 rings (SSSR count). The fraction of sp³-hybridized carbons (Fsp3) is 0.377. The highest BCUT2D eigenvalue weighted by Gasteiger charge is 2.02. The van der Waals surface area contributed by atoms with Crippen LogP contribution in [0.5, 0.6) is 0 Å². The molecule has 15 heterocycles. The van der Waals surface area contributed by atoms with Crippen LogP contribution in [0.25, 0.3) is 11.0 Å². The molecule has 2 N–H and O–H groups in total. The molecule has 1 aliphatic rings. The Kier molecular flexibility index (Phi) is 40.9. The van der Waals surface area contributed by atoms with Crippen LogP contribution in [0.1, 0.15) is 131 Å². The molecule has 23 nitrogen and oxygen atoms in total. The van der Waals surface area contributed by atoms with Gasteiger partial charge < -0.3 is 31.9 Å². The number of nitrogens with zero attached hydrogens (tertiary/aromatic N) is 17. The third-order valence-electron chi connectivity index (χ3n) is 12.8. The van der Waals surface area contributed by atoms with Crippen molar-refractivity contribution >= 4 is 39.4 Å². The lowest BCUT2D eigenvalue weighted by Crippen LogP contribution is -2.23. The Balaban J connectivity index is 0.000000374. The summed E-state index contributed by atoms with van der Waals surface area (Å²) in [6.07, 6.45) is 31.2. The smallest absolute Gasteiger partial charge is 0.243 e. The van der Waals surface area contributed by atoms with Crippen LogP contribution >= 0.6 is 22.7 Å². The number of hydrogen-bond acceptors (Lipinski definition) is 17. The van der Waals surface area contributed by atoms with E-state index in [-0.39, 0.29) is 0 Å². The van der Waals surface area contributed by atoms with Gasteiger partial charge in [-0.15, -0.1) is 27.8 Å². The Morgan fingerprint density at radius 1 is 0.549 bits per heavy atom. The van der Waals surface area contributed by atoms with Crippen LogP contribution in [0.2, 0.25) is 0 Å². The predicted octanol–water partition coefficient (Wildman–Crippen LogP) is 17.6. The van der Waals surface area contributed by atoms with Crippen molar-refractivity contribution in [2.24, 2.45) is 47.3 Å². The molecular weight excluding hydrogens is 1320 g/mol. The number of aliphatic imine (C=N–C) groups is 1. The molecule has 550 valence electrons. The van der Waals surface area contributed by atoms with E-state index in [0.717, 1.165) is 85.6 Å². The topological polar surface area (TPSA) is 254 Å². The summed E-state index contributed by atoms with van der Waals surface area (Å²) in [7, 11) is 11.7. The van der Waals surface area contributed by atoms with Crippen LogP contribution in [0.3, 0.4) is 0 Å². The van der Waals surface area contributed by atoms with E-state index in [9.17, 15) is 0 Å². The van der Waals surface area contributed by atoms with Gasteiger partial charge in [0.1, 0.15) is 53.2 Å². The summed E-state index contributed by atoms with van der Waals surface area (Å²) in [5.41, 5.74) is 14.9. The third kappa shape index (κ3) is 41.9. The summed E-state index contributed by atoms with van der Waals surface area (Å²) < 4.78 is 31.1. The van der Waals surface area contributed by atoms with E-state index in [1.54, 1.807) is 45.8 Å². The molecule has 1 aliphatic heterocycles. The summed E-state index contributed by atoms with van der Waals surface area (Å²) in [5.74, 6) is 5.43. The first kappa shape index (κ1) is 87.7. The predicted molar refractivity (Wildman–Crippen MR) is 415 cm³/mol. The molecule has 102 heavy (non-hydrogen) atoms. The van der Waals surface area contributed by atoms with Crippen LogP contribution in [0.15, 0.2) is 176 Å². The van der Waals surface area contributed by atoms with Crippen molar-refractivity contribution in [1.82, 2.24) is 83.7 Å². The Hall–Kier alpha value is -10.4. The quantitative estimate of drug-likeness (QED) is 0.134. The monoisotopic (exact) mass is 1430 g/mol. The zero-order valence-electron chi connectivity index (χ0n) is 65.6. The molecule has 0 amide bonds. The Bertz CT molecular complexity index is 3480. The number of imidazole rings is 2. The zero-order valence-corrected chi connectivity index (χ0v) is 67.2. The van der Waals surface area contributed by atoms with E-state index in [0.29, 0.717) is 0 Å². The van der Waals surface area contributed by atoms with Gasteiger partial charge in [-0.05, 0) is 216 Å². The van der Waals surface area contributed by atoms with Gasteiger partial charge in [-0.3, -0.25) is 19.5 Å². The first-order valence-electron chi connectivity index (χ1n) is 33.0. The Morgan fingerprint density at radius 3 is 1.44 bits per heavy atom. The van der Waals surface area contributed by atoms with Crippen LogP contribution in [0.4, 0.5) is 0 Å². The molecule has 0 atom stereocenters. The largest absolute Gasteiger partial charge is 0.469 e. The van der Waals surface area contributed by atoms with Gasteiger partial charge >= 0.3 is 0 Å². The summed E-state index contributed by atoms with van der Waals surface area (Å²) in [5, 5.41) is 24.0. The number of H-pyrrole nitrogens is 2. The van der Waals surface area contributed by atoms with Crippen molar-refractivity contribution in [2.75, 3.05) is 0 Å². The first-order chi connectivity index (χ1) is 48.0. The fourth-order valence-electron chi connectivity index (χ4n) is 8.46. The number of oxazole rings is 1. The van der Waals surface area contributed by atoms with E-state index < -0.39 is 0 Å². The number of nitrogens with one attached hydrogen (secondary N) is 2. The molecule has 0 spiro atoms. The maximum Gasteiger partial charge on any atom is 0.243 e. The number of hydrogen-bond donors (Lipinski definition) is 2. The van der Waals surface area contributed by atoms with Gasteiger partial charge in [-0.1, -0.05) is 10.4 Å². The second kappa shape index (κ2) is 47.6. The maximum atomic E-state index is 5.08. The molecule has 0 aromatic carbocycles. The highest BCUT2D eigenvalue weighted by molar-refractivity contribution is 7.11. The number of rotatable bonds is 0. The SMILES string of the molecule is CC1=CN=C(C)C1.Cc1c[nH]c(C)c1.Cc1cc(C)[nH]n1.Cc1cc(C)on1.Cc1ccc(C)o1.Cc1ccc(C)s1.Cc1cn(C)c2ncncc12.Cc1cn(C)cn1.Cc1cn(C)nn1.Cc1cnc(C)o1.Cc1cnc(C)s1.Cc1cnn(C)c1.Cc1coc(C)c1.Cn1cc[n+](C)c1. The molecule has 0 bridgehead atoms. The summed E-state index contributed by atoms with van der Waals surface area (Å²) >= 11 is 3.57. The normalized spacial score (nSPS) is 10.2. The van der Waals surface area contributed by atoms with E-state index in [1.165, 1.54) is 53.9 Å². The number of allylic oxidation sites excluding steroid dienone is 1. The number of aromatic amines is 2. The van der Waals surface area contributed by atoms with Gasteiger partial charge in [0.2, 0.25) is 6.33 Å². The molecule has 0 radical (unpaired) electrons. The number of aromatic nitrogens is 18. The lowest BCUT2D eigenvalue weighted by atomic mass is 10.2. The van der Waals surface area contributed by atoms with Gasteiger partial charge in [0.05, 0.1) is 66.9 Å². The minimum atomic E-state index is 0.734. The van der Waals surface area contributed by atoms with Crippen molar-refractivity contribution in [3.63, 3.8) is 0 Å². The second-order valence-corrected chi connectivity index (χ2v) is 27.4. The lowest BCUT2D eigenvalue weighted by molar-refractivity contribution is -0.670. The average Bonchev–Trinajstić information content (AvgIpc) is 1.67. The first-order valence-corrected chi connectivity index (χ1v) is 34.6. The average molecular weight is 1430 g/mol. The van der Waals surface area contributed by atoms with Gasteiger partial charge in [0.15, 0.2) is 5.89 Å². The van der Waals surface area contributed by atoms with Crippen LogP contribution < -0.4 is 4.57 Å². The minimum absolute atomic E-state index is 0.734. The maximum absolute atomic E-state index is 5.08. The number of thiophene rings is 1. The highest BCUT2D eigenvalue weighted by atomic mass is 32.1.